The summed E-state index contributed by atoms with van der Waals surface area (Å²) in [6.45, 7) is 9.46. The van der Waals surface area contributed by atoms with Crippen molar-refractivity contribution >= 4 is 0 Å². The Balaban J connectivity index is 1.66. The smallest absolute Gasteiger partial charge is 0.118 e. The molecule has 1 heterocycles. The number of hydrogen-bond acceptors (Lipinski definition) is 3. The van der Waals surface area contributed by atoms with Gasteiger partial charge in [-0.2, -0.15) is 0 Å². The average Bonchev–Trinajstić information content (AvgIpc) is 2.72. The maximum atomic E-state index is 6.11. The molecule has 1 aliphatic rings. The third-order valence-corrected chi connectivity index (χ3v) is 6.18. The second-order valence-corrected chi connectivity index (χ2v) is 8.53. The monoisotopic (exact) mass is 381 g/mol. The number of aryl methyl sites for hydroxylation is 1. The van der Waals surface area contributed by atoms with E-state index in [0.717, 1.165) is 44.7 Å². The molecule has 3 nitrogen and oxygen atoms in total. The van der Waals surface area contributed by atoms with Crippen LogP contribution in [-0.4, -0.2) is 26.4 Å². The molecule has 0 saturated carbocycles. The summed E-state index contributed by atoms with van der Waals surface area (Å²) in [5, 5.41) is 3.65. The van der Waals surface area contributed by atoms with Crippen LogP contribution in [0.15, 0.2) is 48.5 Å². The lowest BCUT2D eigenvalue weighted by Gasteiger charge is -2.43. The first-order valence-electron chi connectivity index (χ1n) is 10.5. The Bertz CT molecular complexity index is 723. The van der Waals surface area contributed by atoms with Crippen molar-refractivity contribution in [1.82, 2.24) is 5.32 Å². The Kier molecular flexibility index (Phi) is 7.14. The van der Waals surface area contributed by atoms with Gasteiger partial charge in [0.25, 0.3) is 0 Å². The average molecular weight is 382 g/mol. The highest BCUT2D eigenvalue weighted by Gasteiger charge is 2.39. The summed E-state index contributed by atoms with van der Waals surface area (Å²) in [7, 11) is 1.70. The van der Waals surface area contributed by atoms with E-state index in [0.29, 0.717) is 12.0 Å². The number of benzene rings is 2. The predicted molar refractivity (Wildman–Crippen MR) is 116 cm³/mol. The van der Waals surface area contributed by atoms with Gasteiger partial charge in [0.05, 0.1) is 13.2 Å². The first kappa shape index (κ1) is 20.9. The van der Waals surface area contributed by atoms with Crippen LogP contribution in [0.5, 0.6) is 5.75 Å². The summed E-state index contributed by atoms with van der Waals surface area (Å²) in [4.78, 5) is 0. The van der Waals surface area contributed by atoms with Crippen LogP contribution in [0.3, 0.4) is 0 Å². The van der Waals surface area contributed by atoms with Crippen LogP contribution >= 0.6 is 0 Å². The van der Waals surface area contributed by atoms with E-state index < -0.39 is 0 Å². The molecule has 0 aliphatic carbocycles. The van der Waals surface area contributed by atoms with Crippen LogP contribution in [0.1, 0.15) is 49.8 Å². The van der Waals surface area contributed by atoms with Crippen molar-refractivity contribution in [3.05, 3.63) is 65.2 Å². The summed E-state index contributed by atoms with van der Waals surface area (Å²) in [6, 6.07) is 17.5. The Labute approximate surface area is 170 Å². The Hall–Kier alpha value is -1.84. The minimum atomic E-state index is 0.202. The van der Waals surface area contributed by atoms with Gasteiger partial charge in [0, 0.05) is 18.6 Å². The fourth-order valence-electron chi connectivity index (χ4n) is 4.22. The van der Waals surface area contributed by atoms with Crippen LogP contribution < -0.4 is 10.1 Å². The minimum absolute atomic E-state index is 0.202. The van der Waals surface area contributed by atoms with Crippen LogP contribution in [-0.2, 0) is 16.7 Å². The summed E-state index contributed by atoms with van der Waals surface area (Å²) in [5.41, 5.74) is 4.29. The highest BCUT2D eigenvalue weighted by molar-refractivity contribution is 5.30. The van der Waals surface area contributed by atoms with Gasteiger partial charge in [-0.05, 0) is 61.9 Å². The molecular weight excluding hydrogens is 346 g/mol. The van der Waals surface area contributed by atoms with E-state index in [1.165, 1.54) is 16.7 Å². The lowest BCUT2D eigenvalue weighted by molar-refractivity contribution is -0.0469. The van der Waals surface area contributed by atoms with Gasteiger partial charge >= 0.3 is 0 Å². The molecule has 1 saturated heterocycles. The van der Waals surface area contributed by atoms with Gasteiger partial charge in [0.15, 0.2) is 0 Å². The van der Waals surface area contributed by atoms with Gasteiger partial charge < -0.3 is 14.8 Å². The largest absolute Gasteiger partial charge is 0.497 e. The molecule has 2 aromatic rings. The first-order chi connectivity index (χ1) is 13.5. The Morgan fingerprint density at radius 1 is 1.11 bits per heavy atom. The van der Waals surface area contributed by atoms with Gasteiger partial charge in [0.2, 0.25) is 0 Å². The zero-order valence-corrected chi connectivity index (χ0v) is 17.8. The fraction of sp³-hybridized carbons (Fsp3) is 0.520. The zero-order chi connectivity index (χ0) is 20.0. The Morgan fingerprint density at radius 2 is 1.82 bits per heavy atom. The minimum Gasteiger partial charge on any atom is -0.497 e. The van der Waals surface area contributed by atoms with E-state index in [1.807, 2.05) is 12.1 Å². The molecule has 3 rings (SSSR count). The van der Waals surface area contributed by atoms with Crippen molar-refractivity contribution < 1.29 is 9.47 Å². The third kappa shape index (κ3) is 5.15. The third-order valence-electron chi connectivity index (χ3n) is 6.18. The van der Waals surface area contributed by atoms with Gasteiger partial charge in [-0.1, -0.05) is 55.8 Å². The molecule has 2 aromatic carbocycles. The zero-order valence-electron chi connectivity index (χ0n) is 17.8. The first-order valence-corrected chi connectivity index (χ1v) is 10.5. The van der Waals surface area contributed by atoms with E-state index in [2.05, 4.69) is 62.5 Å². The summed E-state index contributed by atoms with van der Waals surface area (Å²) in [6.07, 6.45) is 3.69. The quantitative estimate of drug-likeness (QED) is 0.633. The molecule has 28 heavy (non-hydrogen) atoms. The molecule has 0 radical (unpaired) electrons. The maximum absolute atomic E-state index is 6.11. The molecule has 0 spiro atoms. The van der Waals surface area contributed by atoms with Crippen LogP contribution in [0.25, 0.3) is 0 Å². The van der Waals surface area contributed by atoms with Gasteiger partial charge in [0.1, 0.15) is 5.75 Å². The molecule has 3 heteroatoms. The second-order valence-electron chi connectivity index (χ2n) is 8.53. The van der Waals surface area contributed by atoms with Crippen molar-refractivity contribution in [1.29, 1.82) is 0 Å². The SMILES string of the molecule is COc1ccc(CNCC[C@@]2(c3ccc(C)cc3)CCO[C@@H](C(C)C)C2)cc1. The lowest BCUT2D eigenvalue weighted by Crippen LogP contribution is -2.42. The van der Waals surface area contributed by atoms with E-state index in [-0.39, 0.29) is 5.41 Å². The number of methoxy groups -OCH3 is 1. The van der Waals surface area contributed by atoms with Crippen LogP contribution in [0.4, 0.5) is 0 Å². The molecule has 1 N–H and O–H groups in total. The molecular formula is C25H35NO2. The van der Waals surface area contributed by atoms with Crippen molar-refractivity contribution in [2.45, 2.75) is 58.1 Å². The molecule has 1 fully saturated rings. The summed E-state index contributed by atoms with van der Waals surface area (Å²) < 4.78 is 11.3. The lowest BCUT2D eigenvalue weighted by atomic mass is 9.68. The van der Waals surface area contributed by atoms with Crippen molar-refractivity contribution in [3.63, 3.8) is 0 Å². The highest BCUT2D eigenvalue weighted by Crippen LogP contribution is 2.41. The number of ether oxygens (including phenoxy) is 2. The molecule has 0 amide bonds. The van der Waals surface area contributed by atoms with E-state index in [4.69, 9.17) is 9.47 Å². The Morgan fingerprint density at radius 3 is 2.46 bits per heavy atom. The normalized spacial score (nSPS) is 22.4. The molecule has 1 aliphatic heterocycles. The fourth-order valence-corrected chi connectivity index (χ4v) is 4.22. The number of rotatable bonds is 8. The standard InChI is InChI=1S/C25H35NO2/c1-19(2)24-17-25(14-16-28-24,22-9-5-20(3)6-10-22)13-15-26-18-21-7-11-23(27-4)12-8-21/h5-12,19,24,26H,13-18H2,1-4H3/t24-,25-/m1/s1. The maximum Gasteiger partial charge on any atom is 0.118 e. The number of hydrogen-bond donors (Lipinski definition) is 1. The van der Waals surface area contributed by atoms with Crippen molar-refractivity contribution in [3.8, 4) is 5.75 Å². The van der Waals surface area contributed by atoms with Crippen molar-refractivity contribution in [2.24, 2.45) is 5.92 Å². The van der Waals surface area contributed by atoms with Crippen LogP contribution in [0.2, 0.25) is 0 Å². The highest BCUT2D eigenvalue weighted by atomic mass is 16.5. The van der Waals surface area contributed by atoms with Gasteiger partial charge in [-0.25, -0.2) is 0 Å². The molecule has 0 aromatic heterocycles. The molecule has 0 bridgehead atoms. The van der Waals surface area contributed by atoms with E-state index >= 15 is 0 Å². The molecule has 0 unspecified atom stereocenters. The predicted octanol–water partition coefficient (Wildman–Crippen LogP) is 5.26. The summed E-state index contributed by atoms with van der Waals surface area (Å²) in [5.74, 6) is 1.46. The van der Waals surface area contributed by atoms with Crippen LogP contribution in [0, 0.1) is 12.8 Å². The topological polar surface area (TPSA) is 30.5 Å². The molecule has 2 atom stereocenters. The molecule has 152 valence electrons. The number of nitrogens with one attached hydrogen (secondary N) is 1. The van der Waals surface area contributed by atoms with Gasteiger partial charge in [-0.3, -0.25) is 0 Å². The van der Waals surface area contributed by atoms with E-state index in [9.17, 15) is 0 Å². The summed E-state index contributed by atoms with van der Waals surface area (Å²) >= 11 is 0. The van der Waals surface area contributed by atoms with E-state index in [1.54, 1.807) is 7.11 Å². The second kappa shape index (κ2) is 9.58. The van der Waals surface area contributed by atoms with Crippen molar-refractivity contribution in [2.75, 3.05) is 20.3 Å². The van der Waals surface area contributed by atoms with Gasteiger partial charge in [-0.15, -0.1) is 0 Å².